The second kappa shape index (κ2) is 8.23. The van der Waals surface area contributed by atoms with Gasteiger partial charge in [0, 0.05) is 29.2 Å². The lowest BCUT2D eigenvalue weighted by atomic mass is 10.1. The smallest absolute Gasteiger partial charge is 0.336 e. The third kappa shape index (κ3) is 4.36. The number of benzene rings is 2. The average molecular weight is 366 g/mol. The number of fused-ring (bicyclic) bond motifs is 1. The van der Waals surface area contributed by atoms with Crippen molar-refractivity contribution in [1.29, 1.82) is 0 Å². The summed E-state index contributed by atoms with van der Waals surface area (Å²) in [6.07, 6.45) is 3.00. The molecule has 2 aromatic carbocycles. The highest BCUT2D eigenvalue weighted by atomic mass is 16.5. The van der Waals surface area contributed by atoms with Crippen LogP contribution in [0.2, 0.25) is 0 Å². The maximum atomic E-state index is 12.0. The number of hydrogen-bond acceptors (Lipinski definition) is 6. The predicted molar refractivity (Wildman–Crippen MR) is 101 cm³/mol. The Labute approximate surface area is 155 Å². The molecule has 1 heterocycles. The molecule has 0 radical (unpaired) electrons. The van der Waals surface area contributed by atoms with E-state index in [0.29, 0.717) is 28.0 Å². The first kappa shape index (κ1) is 18.3. The van der Waals surface area contributed by atoms with Crippen LogP contribution in [0.25, 0.3) is 17.0 Å². The van der Waals surface area contributed by atoms with E-state index in [1.807, 2.05) is 30.3 Å². The highest BCUT2D eigenvalue weighted by molar-refractivity contribution is 5.88. The van der Waals surface area contributed by atoms with Gasteiger partial charge in [-0.3, -0.25) is 0 Å². The van der Waals surface area contributed by atoms with Crippen molar-refractivity contribution in [2.45, 2.75) is 6.61 Å². The minimum Gasteiger partial charge on any atom is -0.493 e. The van der Waals surface area contributed by atoms with Crippen LogP contribution in [0.3, 0.4) is 0 Å². The minimum atomic E-state index is -0.541. The standard InChI is InChI=1S/C21H18O6/c1-24-18-11-16-15(10-21(23)27-17(16)12-19(18)25-2)13-26-20(22)9-8-14-6-4-3-5-7-14/h3-12H,13H2,1-2H3. The van der Waals surface area contributed by atoms with Crippen LogP contribution in [0.1, 0.15) is 11.1 Å². The number of methoxy groups -OCH3 is 2. The third-order valence-corrected chi connectivity index (χ3v) is 3.92. The van der Waals surface area contributed by atoms with Crippen LogP contribution in [0.15, 0.2) is 63.8 Å². The summed E-state index contributed by atoms with van der Waals surface area (Å²) in [6, 6.07) is 13.9. The molecule has 0 saturated carbocycles. The lowest BCUT2D eigenvalue weighted by Crippen LogP contribution is -2.06. The normalized spacial score (nSPS) is 10.9. The number of carbonyl (C=O) groups is 1. The molecule has 27 heavy (non-hydrogen) atoms. The highest BCUT2D eigenvalue weighted by Crippen LogP contribution is 2.33. The van der Waals surface area contributed by atoms with Crippen molar-refractivity contribution in [2.24, 2.45) is 0 Å². The lowest BCUT2D eigenvalue weighted by molar-refractivity contribution is -0.138. The molecule has 0 unspecified atom stereocenters. The van der Waals surface area contributed by atoms with E-state index in [4.69, 9.17) is 18.6 Å². The molecule has 3 rings (SSSR count). The zero-order valence-corrected chi connectivity index (χ0v) is 14.9. The Hall–Kier alpha value is -3.54. The van der Waals surface area contributed by atoms with Crippen molar-refractivity contribution in [1.82, 2.24) is 0 Å². The average Bonchev–Trinajstić information content (AvgIpc) is 2.70. The quantitative estimate of drug-likeness (QED) is 0.377. The summed E-state index contributed by atoms with van der Waals surface area (Å²) in [7, 11) is 3.00. The molecule has 1 aromatic heterocycles. The monoisotopic (exact) mass is 366 g/mol. The fraction of sp³-hybridized carbons (Fsp3) is 0.143. The van der Waals surface area contributed by atoms with Crippen LogP contribution < -0.4 is 15.1 Å². The fourth-order valence-electron chi connectivity index (χ4n) is 2.60. The zero-order chi connectivity index (χ0) is 19.2. The van der Waals surface area contributed by atoms with Gasteiger partial charge in [0.25, 0.3) is 0 Å². The van der Waals surface area contributed by atoms with E-state index in [0.717, 1.165) is 5.56 Å². The molecule has 0 N–H and O–H groups in total. The summed E-state index contributed by atoms with van der Waals surface area (Å²) in [5.41, 5.74) is 1.19. The van der Waals surface area contributed by atoms with Crippen molar-refractivity contribution in [2.75, 3.05) is 14.2 Å². The van der Waals surface area contributed by atoms with Crippen LogP contribution >= 0.6 is 0 Å². The highest BCUT2D eigenvalue weighted by Gasteiger charge is 2.13. The first-order chi connectivity index (χ1) is 13.1. The molecule has 0 spiro atoms. The molecule has 3 aromatic rings. The van der Waals surface area contributed by atoms with Crippen LogP contribution in [0.4, 0.5) is 0 Å². The van der Waals surface area contributed by atoms with Gasteiger partial charge in [0.15, 0.2) is 11.5 Å². The van der Waals surface area contributed by atoms with E-state index in [-0.39, 0.29) is 6.61 Å². The molecule has 0 bridgehead atoms. The molecule has 6 nitrogen and oxygen atoms in total. The zero-order valence-electron chi connectivity index (χ0n) is 14.9. The molecule has 6 heteroatoms. The molecule has 0 fully saturated rings. The Morgan fingerprint density at radius 3 is 2.44 bits per heavy atom. The van der Waals surface area contributed by atoms with E-state index in [1.165, 1.54) is 26.4 Å². The van der Waals surface area contributed by atoms with Crippen LogP contribution in [0.5, 0.6) is 11.5 Å². The van der Waals surface area contributed by atoms with E-state index in [1.54, 1.807) is 18.2 Å². The van der Waals surface area contributed by atoms with Crippen LogP contribution in [-0.4, -0.2) is 20.2 Å². The van der Waals surface area contributed by atoms with E-state index in [2.05, 4.69) is 0 Å². The van der Waals surface area contributed by atoms with Gasteiger partial charge in [-0.2, -0.15) is 0 Å². The molecule has 0 amide bonds. The molecular formula is C21H18O6. The van der Waals surface area contributed by atoms with Gasteiger partial charge >= 0.3 is 11.6 Å². The van der Waals surface area contributed by atoms with Crippen molar-refractivity contribution in [3.63, 3.8) is 0 Å². The summed E-state index contributed by atoms with van der Waals surface area (Å²) in [4.78, 5) is 23.8. The number of ether oxygens (including phenoxy) is 3. The van der Waals surface area contributed by atoms with Crippen LogP contribution in [0, 0.1) is 0 Å². The Balaban J connectivity index is 1.82. The Bertz CT molecular complexity index is 1030. The van der Waals surface area contributed by atoms with Crippen molar-refractivity contribution < 1.29 is 23.4 Å². The molecule has 0 aliphatic rings. The van der Waals surface area contributed by atoms with Gasteiger partial charge in [-0.1, -0.05) is 30.3 Å². The predicted octanol–water partition coefficient (Wildman–Crippen LogP) is 3.57. The van der Waals surface area contributed by atoms with Crippen molar-refractivity contribution in [3.05, 3.63) is 76.2 Å². The van der Waals surface area contributed by atoms with Gasteiger partial charge < -0.3 is 18.6 Å². The second-order valence-corrected chi connectivity index (χ2v) is 5.65. The SMILES string of the molecule is COc1cc2oc(=O)cc(COC(=O)C=Cc3ccccc3)c2cc1OC. The molecule has 0 saturated heterocycles. The maximum Gasteiger partial charge on any atom is 0.336 e. The number of rotatable bonds is 6. The van der Waals surface area contributed by atoms with Crippen LogP contribution in [-0.2, 0) is 16.1 Å². The largest absolute Gasteiger partial charge is 0.493 e. The van der Waals surface area contributed by atoms with Gasteiger partial charge in [-0.15, -0.1) is 0 Å². The van der Waals surface area contributed by atoms with Gasteiger partial charge in [0.2, 0.25) is 0 Å². The van der Waals surface area contributed by atoms with E-state index >= 15 is 0 Å². The summed E-state index contributed by atoms with van der Waals surface area (Å²) in [6.45, 7) is -0.0739. The van der Waals surface area contributed by atoms with Crippen molar-refractivity contribution >= 4 is 23.0 Å². The number of carbonyl (C=O) groups excluding carboxylic acids is 1. The first-order valence-corrected chi connectivity index (χ1v) is 8.19. The van der Waals surface area contributed by atoms with E-state index in [9.17, 15) is 9.59 Å². The number of esters is 1. The summed E-state index contributed by atoms with van der Waals surface area (Å²) in [5, 5.41) is 0.604. The summed E-state index contributed by atoms with van der Waals surface area (Å²) < 4.78 is 21.0. The molecular weight excluding hydrogens is 348 g/mol. The summed E-state index contributed by atoms with van der Waals surface area (Å²) in [5.74, 6) is 0.407. The minimum absolute atomic E-state index is 0.0739. The summed E-state index contributed by atoms with van der Waals surface area (Å²) >= 11 is 0. The van der Waals surface area contributed by atoms with Gasteiger partial charge in [-0.25, -0.2) is 9.59 Å². The Morgan fingerprint density at radius 2 is 1.74 bits per heavy atom. The molecule has 138 valence electrons. The molecule has 0 atom stereocenters. The van der Waals surface area contributed by atoms with Gasteiger partial charge in [0.05, 0.1) is 14.2 Å². The lowest BCUT2D eigenvalue weighted by Gasteiger charge is -2.11. The Kier molecular flexibility index (Phi) is 5.56. The molecule has 0 aliphatic heterocycles. The van der Waals surface area contributed by atoms with Crippen molar-refractivity contribution in [3.8, 4) is 11.5 Å². The maximum absolute atomic E-state index is 12.0. The third-order valence-electron chi connectivity index (χ3n) is 3.92. The van der Waals surface area contributed by atoms with Gasteiger partial charge in [-0.05, 0) is 17.7 Å². The molecule has 0 aliphatic carbocycles. The fourth-order valence-corrected chi connectivity index (χ4v) is 2.60. The number of hydrogen-bond donors (Lipinski definition) is 0. The Morgan fingerprint density at radius 1 is 1.04 bits per heavy atom. The topological polar surface area (TPSA) is 75.0 Å². The first-order valence-electron chi connectivity index (χ1n) is 8.19. The van der Waals surface area contributed by atoms with Gasteiger partial charge in [0.1, 0.15) is 12.2 Å². The van der Waals surface area contributed by atoms with E-state index < -0.39 is 11.6 Å². The second-order valence-electron chi connectivity index (χ2n) is 5.65.